The third-order valence-electron chi connectivity index (χ3n) is 1.69. The van der Waals surface area contributed by atoms with E-state index in [9.17, 15) is 14.4 Å². The van der Waals surface area contributed by atoms with Gasteiger partial charge in [-0.1, -0.05) is 6.08 Å². The molecule has 0 atom stereocenters. The molecule has 0 aliphatic rings. The first-order valence-electron chi connectivity index (χ1n) is 4.75. The molecule has 0 aromatic rings. The van der Waals surface area contributed by atoms with Gasteiger partial charge in [0.05, 0.1) is 13.7 Å². The minimum atomic E-state index is -1.09. The highest BCUT2D eigenvalue weighted by atomic mass is 16.5. The first kappa shape index (κ1) is 15.1. The Bertz CT molecular complexity index is 312. The molecule has 96 valence electrons. The number of ether oxygens (including phenoxy) is 2. The Morgan fingerprint density at radius 1 is 1.35 bits per heavy atom. The van der Waals surface area contributed by atoms with Crippen LogP contribution in [-0.4, -0.2) is 61.8 Å². The zero-order chi connectivity index (χ0) is 13.3. The number of aliphatic carboxylic acids is 1. The molecule has 1 N–H and O–H groups in total. The lowest BCUT2D eigenvalue weighted by Crippen LogP contribution is -2.34. The molecule has 7 heteroatoms. The van der Waals surface area contributed by atoms with Crippen molar-refractivity contribution in [2.24, 2.45) is 0 Å². The molecule has 0 unspecified atom stereocenters. The Morgan fingerprint density at radius 2 is 2.00 bits per heavy atom. The Balaban J connectivity index is 3.74. The summed E-state index contributed by atoms with van der Waals surface area (Å²) in [4.78, 5) is 33.2. The minimum Gasteiger partial charge on any atom is -0.480 e. The van der Waals surface area contributed by atoms with Gasteiger partial charge in [0.2, 0.25) is 5.91 Å². The molecule has 17 heavy (non-hydrogen) atoms. The molecule has 0 saturated carbocycles. The van der Waals surface area contributed by atoms with Crippen LogP contribution in [0, 0.1) is 0 Å². The summed E-state index contributed by atoms with van der Waals surface area (Å²) in [5, 5.41) is 8.43. The summed E-state index contributed by atoms with van der Waals surface area (Å²) in [6, 6.07) is 0. The number of nitrogens with zero attached hydrogens (tertiary/aromatic N) is 1. The molecule has 7 nitrogen and oxygen atoms in total. The lowest BCUT2D eigenvalue weighted by Gasteiger charge is -2.13. The van der Waals surface area contributed by atoms with Gasteiger partial charge in [-0.3, -0.25) is 9.59 Å². The molecule has 0 aromatic carbocycles. The van der Waals surface area contributed by atoms with Gasteiger partial charge in [0.25, 0.3) is 0 Å². The van der Waals surface area contributed by atoms with E-state index in [1.54, 1.807) is 0 Å². The Morgan fingerprint density at radius 3 is 2.53 bits per heavy atom. The number of carboxylic acids is 1. The second-order valence-corrected chi connectivity index (χ2v) is 3.08. The third-order valence-corrected chi connectivity index (χ3v) is 1.69. The Labute approximate surface area is 98.6 Å². The number of carbonyl (C=O) groups is 3. The molecule has 0 aromatic heterocycles. The first-order valence-corrected chi connectivity index (χ1v) is 4.75. The maximum atomic E-state index is 11.3. The highest BCUT2D eigenvalue weighted by Gasteiger charge is 2.11. The monoisotopic (exact) mass is 245 g/mol. The van der Waals surface area contributed by atoms with Crippen molar-refractivity contribution in [2.75, 3.05) is 33.9 Å². The van der Waals surface area contributed by atoms with Crippen molar-refractivity contribution < 1.29 is 29.0 Å². The average Bonchev–Trinajstić information content (AvgIpc) is 2.26. The minimum absolute atomic E-state index is 0.0712. The van der Waals surface area contributed by atoms with Gasteiger partial charge in [-0.25, -0.2) is 4.79 Å². The number of carbonyl (C=O) groups excluding carboxylic acids is 2. The van der Waals surface area contributed by atoms with Crippen LogP contribution < -0.4 is 0 Å². The number of likely N-dealkylation sites (N-methyl/N-ethyl adjacent to an activating group) is 1. The molecular formula is C10H15NO6. The number of methoxy groups -OCH3 is 1. The normalized spacial score (nSPS) is 10.2. The molecule has 1 amide bonds. The fourth-order valence-electron chi connectivity index (χ4n) is 0.828. The topological polar surface area (TPSA) is 93.1 Å². The van der Waals surface area contributed by atoms with E-state index < -0.39 is 17.8 Å². The highest BCUT2D eigenvalue weighted by molar-refractivity contribution is 5.82. The van der Waals surface area contributed by atoms with E-state index in [4.69, 9.17) is 9.84 Å². The first-order chi connectivity index (χ1) is 7.97. The van der Waals surface area contributed by atoms with Gasteiger partial charge >= 0.3 is 11.9 Å². The maximum absolute atomic E-state index is 11.3. The van der Waals surface area contributed by atoms with E-state index in [2.05, 4.69) is 4.74 Å². The fraction of sp³-hybridized carbons (Fsp3) is 0.500. The van der Waals surface area contributed by atoms with Gasteiger partial charge in [-0.2, -0.15) is 0 Å². The molecule has 0 fully saturated rings. The van der Waals surface area contributed by atoms with Crippen molar-refractivity contribution in [3.63, 3.8) is 0 Å². The third kappa shape index (κ3) is 7.97. The maximum Gasteiger partial charge on any atom is 0.330 e. The molecule has 0 heterocycles. The van der Waals surface area contributed by atoms with Crippen LogP contribution in [0.15, 0.2) is 12.2 Å². The van der Waals surface area contributed by atoms with Crippen molar-refractivity contribution in [1.29, 1.82) is 0 Å². The predicted octanol–water partition coefficient (Wildman–Crippen LogP) is -0.725. The van der Waals surface area contributed by atoms with Crippen molar-refractivity contribution in [3.8, 4) is 0 Å². The number of carboxylic acid groups (broad SMARTS) is 1. The fourth-order valence-corrected chi connectivity index (χ4v) is 0.828. The molecule has 0 rings (SSSR count). The van der Waals surface area contributed by atoms with Crippen LogP contribution in [-0.2, 0) is 23.9 Å². The lowest BCUT2D eigenvalue weighted by molar-refractivity contribution is -0.145. The largest absolute Gasteiger partial charge is 0.480 e. The van der Waals surface area contributed by atoms with E-state index in [0.717, 1.165) is 4.90 Å². The van der Waals surface area contributed by atoms with Crippen LogP contribution in [0.5, 0.6) is 0 Å². The summed E-state index contributed by atoms with van der Waals surface area (Å²) in [6.07, 6.45) is 2.57. The van der Waals surface area contributed by atoms with Crippen LogP contribution >= 0.6 is 0 Å². The summed E-state index contributed by atoms with van der Waals surface area (Å²) < 4.78 is 9.25. The van der Waals surface area contributed by atoms with Gasteiger partial charge in [0, 0.05) is 13.1 Å². The van der Waals surface area contributed by atoms with Gasteiger partial charge in [0.1, 0.15) is 13.2 Å². The predicted molar refractivity (Wildman–Crippen MR) is 57.2 cm³/mol. The SMILES string of the molecule is COC(=O)/C=C/COCC(=O)N(C)CC(=O)O. The Kier molecular flexibility index (Phi) is 7.36. The van der Waals surface area contributed by atoms with Crippen LogP contribution in [0.3, 0.4) is 0 Å². The lowest BCUT2D eigenvalue weighted by atomic mass is 10.5. The van der Waals surface area contributed by atoms with Crippen LogP contribution in [0.4, 0.5) is 0 Å². The summed E-state index contributed by atoms with van der Waals surface area (Å²) in [5.74, 6) is -2.05. The van der Waals surface area contributed by atoms with Crippen LogP contribution in [0.25, 0.3) is 0 Å². The average molecular weight is 245 g/mol. The smallest absolute Gasteiger partial charge is 0.330 e. The molecule has 0 spiro atoms. The summed E-state index contributed by atoms with van der Waals surface area (Å²) in [6.45, 7) is -0.544. The molecular weight excluding hydrogens is 230 g/mol. The van der Waals surface area contributed by atoms with E-state index in [-0.39, 0.29) is 19.8 Å². The van der Waals surface area contributed by atoms with Gasteiger partial charge in [-0.15, -0.1) is 0 Å². The van der Waals surface area contributed by atoms with Gasteiger partial charge in [-0.05, 0) is 0 Å². The number of hydrogen-bond donors (Lipinski definition) is 1. The molecule has 0 saturated heterocycles. The van der Waals surface area contributed by atoms with Gasteiger partial charge in [0.15, 0.2) is 0 Å². The number of esters is 1. The van der Waals surface area contributed by atoms with Crippen molar-refractivity contribution in [3.05, 3.63) is 12.2 Å². The second-order valence-electron chi connectivity index (χ2n) is 3.08. The zero-order valence-electron chi connectivity index (χ0n) is 9.71. The van der Waals surface area contributed by atoms with Crippen molar-refractivity contribution in [1.82, 2.24) is 4.90 Å². The summed E-state index contributed by atoms with van der Waals surface area (Å²) in [5.41, 5.74) is 0. The van der Waals surface area contributed by atoms with E-state index in [1.165, 1.54) is 26.3 Å². The standard InChI is InChI=1S/C10H15NO6/c1-11(6-9(13)14)8(12)7-17-5-3-4-10(15)16-2/h3-4H,5-7H2,1-2H3,(H,13,14)/b4-3+. The zero-order valence-corrected chi connectivity index (χ0v) is 9.71. The molecule has 0 aliphatic heterocycles. The molecule has 0 bridgehead atoms. The number of rotatable bonds is 7. The molecule has 0 aliphatic carbocycles. The quantitative estimate of drug-likeness (QED) is 0.361. The number of hydrogen-bond acceptors (Lipinski definition) is 5. The van der Waals surface area contributed by atoms with E-state index >= 15 is 0 Å². The van der Waals surface area contributed by atoms with Crippen LogP contribution in [0.2, 0.25) is 0 Å². The summed E-state index contributed by atoms with van der Waals surface area (Å²) in [7, 11) is 2.61. The van der Waals surface area contributed by atoms with E-state index in [0.29, 0.717) is 0 Å². The van der Waals surface area contributed by atoms with Crippen LogP contribution in [0.1, 0.15) is 0 Å². The summed E-state index contributed by atoms with van der Waals surface area (Å²) >= 11 is 0. The van der Waals surface area contributed by atoms with Gasteiger partial charge < -0.3 is 19.5 Å². The Hall–Kier alpha value is -1.89. The molecule has 0 radical (unpaired) electrons. The van der Waals surface area contributed by atoms with Crippen molar-refractivity contribution >= 4 is 17.8 Å². The number of amides is 1. The second kappa shape index (κ2) is 8.28. The van der Waals surface area contributed by atoms with E-state index in [1.807, 2.05) is 0 Å². The van der Waals surface area contributed by atoms with Crippen molar-refractivity contribution in [2.45, 2.75) is 0 Å². The highest BCUT2D eigenvalue weighted by Crippen LogP contribution is 1.88.